The minimum atomic E-state index is -0.694. The molecule has 8 heteroatoms. The summed E-state index contributed by atoms with van der Waals surface area (Å²) in [5, 5.41) is 3.61. The van der Waals surface area contributed by atoms with E-state index in [1.54, 1.807) is 6.07 Å². The highest BCUT2D eigenvalue weighted by atomic mass is 19.1. The van der Waals surface area contributed by atoms with Crippen LogP contribution in [0.3, 0.4) is 0 Å². The molecule has 2 fully saturated rings. The zero-order chi connectivity index (χ0) is 25.0. The number of likely N-dealkylation sites (tertiary alicyclic amines) is 1. The molecule has 4 heterocycles. The zero-order valence-corrected chi connectivity index (χ0v) is 20.3. The number of aryl methyl sites for hydroxylation is 1. The smallest absolute Gasteiger partial charge is 0.255 e. The third-order valence-electron chi connectivity index (χ3n) is 8.07. The van der Waals surface area contributed by atoms with E-state index >= 15 is 0 Å². The highest BCUT2D eigenvalue weighted by molar-refractivity contribution is 6.05. The van der Waals surface area contributed by atoms with Crippen molar-refractivity contribution in [2.45, 2.75) is 57.7 Å². The molecule has 2 N–H and O–H groups in total. The van der Waals surface area contributed by atoms with Gasteiger partial charge in [0, 0.05) is 42.2 Å². The van der Waals surface area contributed by atoms with Crippen molar-refractivity contribution in [1.29, 1.82) is 0 Å². The number of hydrogen-bond donors (Lipinski definition) is 2. The molecule has 7 nitrogen and oxygen atoms in total. The van der Waals surface area contributed by atoms with E-state index in [1.807, 2.05) is 0 Å². The number of benzene rings is 2. The van der Waals surface area contributed by atoms with Crippen LogP contribution in [0.4, 0.5) is 4.39 Å². The van der Waals surface area contributed by atoms with Crippen molar-refractivity contribution in [3.8, 4) is 0 Å². The number of hydrogen-bond acceptors (Lipinski definition) is 4. The van der Waals surface area contributed by atoms with Gasteiger partial charge in [0.25, 0.3) is 5.91 Å². The van der Waals surface area contributed by atoms with Crippen molar-refractivity contribution in [3.05, 3.63) is 70.2 Å². The summed E-state index contributed by atoms with van der Waals surface area (Å²) in [7, 11) is 0. The molecular weight excluding hydrogens is 459 g/mol. The van der Waals surface area contributed by atoms with Crippen molar-refractivity contribution >= 4 is 28.6 Å². The molecule has 0 bridgehead atoms. The number of piperidine rings is 2. The molecule has 6 rings (SSSR count). The number of carbonyl (C=O) groups excluding carboxylic acids is 3. The molecule has 3 aliphatic rings. The molecule has 0 radical (unpaired) electrons. The topological polar surface area (TPSA) is 85.5 Å². The first-order valence-corrected chi connectivity index (χ1v) is 12.6. The fourth-order valence-electron chi connectivity index (χ4n) is 6.24. The first kappa shape index (κ1) is 22.9. The Hall–Kier alpha value is -3.52. The molecule has 2 aromatic carbocycles. The van der Waals surface area contributed by atoms with Crippen molar-refractivity contribution in [2.75, 3.05) is 13.1 Å². The Kier molecular flexibility index (Phi) is 5.63. The van der Waals surface area contributed by atoms with Gasteiger partial charge in [-0.3, -0.25) is 24.6 Å². The Morgan fingerprint density at radius 2 is 1.89 bits per heavy atom. The molecule has 3 aliphatic heterocycles. The lowest BCUT2D eigenvalue weighted by Gasteiger charge is -2.33. The molecule has 3 aromatic rings. The Morgan fingerprint density at radius 1 is 1.08 bits per heavy atom. The summed E-state index contributed by atoms with van der Waals surface area (Å²) in [6.45, 7) is 5.06. The van der Waals surface area contributed by atoms with E-state index in [-0.39, 0.29) is 30.7 Å². The standard InChI is InChI=1S/C28H29FN4O3/c1-16-3-2-4-23-26(16)18(13-30-23)14-32-9-7-17(8-10-32)20-11-19(29)12-21-22(20)15-33(28(21)36)24-5-6-25(34)31-27(24)35/h2-4,11-13,17,24,30H,5-10,14-15H2,1H3,(H,31,34,35). The molecule has 2 saturated heterocycles. The third kappa shape index (κ3) is 3.89. The van der Waals surface area contributed by atoms with Gasteiger partial charge in [-0.2, -0.15) is 0 Å². The molecule has 0 aliphatic carbocycles. The molecule has 0 saturated carbocycles. The fraction of sp³-hybridized carbons (Fsp3) is 0.393. The summed E-state index contributed by atoms with van der Waals surface area (Å²) in [6, 6.07) is 8.47. The Balaban J connectivity index is 1.18. The van der Waals surface area contributed by atoms with E-state index in [0.29, 0.717) is 12.0 Å². The van der Waals surface area contributed by atoms with Gasteiger partial charge in [-0.25, -0.2) is 4.39 Å². The number of aromatic amines is 1. The SMILES string of the molecule is Cc1cccc2[nH]cc(CN3CCC(c4cc(F)cc5c4CN(C4CCC(=O)NC4=O)C5=O)CC3)c12. The van der Waals surface area contributed by atoms with Gasteiger partial charge in [-0.15, -0.1) is 0 Å². The number of imide groups is 1. The van der Waals surface area contributed by atoms with Gasteiger partial charge >= 0.3 is 0 Å². The van der Waals surface area contributed by atoms with Crippen LogP contribution in [0.25, 0.3) is 10.9 Å². The van der Waals surface area contributed by atoms with Crippen LogP contribution in [-0.2, 0) is 22.7 Å². The minimum absolute atomic E-state index is 0.157. The molecule has 1 aromatic heterocycles. The van der Waals surface area contributed by atoms with Crippen LogP contribution < -0.4 is 5.32 Å². The lowest BCUT2D eigenvalue weighted by Crippen LogP contribution is -2.52. The summed E-state index contributed by atoms with van der Waals surface area (Å²) in [4.78, 5) is 44.4. The van der Waals surface area contributed by atoms with Crippen LogP contribution in [0.1, 0.15) is 64.2 Å². The summed E-state index contributed by atoms with van der Waals surface area (Å²) in [5.74, 6) is -1.35. The van der Waals surface area contributed by atoms with Gasteiger partial charge in [-0.1, -0.05) is 12.1 Å². The van der Waals surface area contributed by atoms with Crippen molar-refractivity contribution in [2.24, 2.45) is 0 Å². The monoisotopic (exact) mass is 488 g/mol. The first-order chi connectivity index (χ1) is 17.4. The maximum atomic E-state index is 14.7. The predicted molar refractivity (Wildman–Crippen MR) is 133 cm³/mol. The van der Waals surface area contributed by atoms with E-state index in [2.05, 4.69) is 46.5 Å². The highest BCUT2D eigenvalue weighted by Crippen LogP contribution is 2.38. The number of aromatic nitrogens is 1. The van der Waals surface area contributed by atoms with Crippen LogP contribution >= 0.6 is 0 Å². The van der Waals surface area contributed by atoms with Gasteiger partial charge in [0.2, 0.25) is 11.8 Å². The number of fused-ring (bicyclic) bond motifs is 2. The second kappa shape index (κ2) is 8.85. The van der Waals surface area contributed by atoms with E-state index in [0.717, 1.165) is 49.1 Å². The maximum absolute atomic E-state index is 14.7. The Morgan fingerprint density at radius 3 is 2.67 bits per heavy atom. The van der Waals surface area contributed by atoms with Gasteiger partial charge in [-0.05, 0) is 85.6 Å². The van der Waals surface area contributed by atoms with Gasteiger partial charge in [0.15, 0.2) is 0 Å². The number of carbonyl (C=O) groups is 3. The molecule has 36 heavy (non-hydrogen) atoms. The van der Waals surface area contributed by atoms with Gasteiger partial charge in [0.1, 0.15) is 11.9 Å². The highest BCUT2D eigenvalue weighted by Gasteiger charge is 2.41. The Bertz CT molecular complexity index is 1390. The van der Waals surface area contributed by atoms with Crippen molar-refractivity contribution in [3.63, 3.8) is 0 Å². The van der Waals surface area contributed by atoms with Gasteiger partial charge in [0.05, 0.1) is 0 Å². The average Bonchev–Trinajstić information content (AvgIpc) is 3.41. The number of nitrogens with zero attached hydrogens (tertiary/aromatic N) is 2. The maximum Gasteiger partial charge on any atom is 0.255 e. The Labute approximate surface area is 208 Å². The second-order valence-corrected chi connectivity index (χ2v) is 10.3. The van der Waals surface area contributed by atoms with E-state index < -0.39 is 17.8 Å². The predicted octanol–water partition coefficient (Wildman–Crippen LogP) is 3.76. The van der Waals surface area contributed by atoms with Crippen LogP contribution in [-0.4, -0.2) is 51.6 Å². The summed E-state index contributed by atoms with van der Waals surface area (Å²) in [6.07, 6.45) is 4.35. The van der Waals surface area contributed by atoms with Crippen LogP contribution in [0.2, 0.25) is 0 Å². The molecular formula is C28H29FN4O3. The first-order valence-electron chi connectivity index (χ1n) is 12.6. The zero-order valence-electron chi connectivity index (χ0n) is 20.3. The average molecular weight is 489 g/mol. The van der Waals surface area contributed by atoms with E-state index in [9.17, 15) is 18.8 Å². The lowest BCUT2D eigenvalue weighted by atomic mass is 9.85. The number of amides is 3. The van der Waals surface area contributed by atoms with E-state index in [1.165, 1.54) is 27.5 Å². The third-order valence-corrected chi connectivity index (χ3v) is 8.07. The van der Waals surface area contributed by atoms with Crippen molar-refractivity contribution in [1.82, 2.24) is 20.1 Å². The summed E-state index contributed by atoms with van der Waals surface area (Å²) in [5.41, 5.74) is 5.78. The summed E-state index contributed by atoms with van der Waals surface area (Å²) >= 11 is 0. The molecule has 1 unspecified atom stereocenters. The molecule has 0 spiro atoms. The minimum Gasteiger partial charge on any atom is -0.361 e. The van der Waals surface area contributed by atoms with Gasteiger partial charge < -0.3 is 9.88 Å². The number of halogens is 1. The number of rotatable bonds is 4. The lowest BCUT2D eigenvalue weighted by molar-refractivity contribution is -0.136. The fourth-order valence-corrected chi connectivity index (χ4v) is 6.24. The second-order valence-electron chi connectivity index (χ2n) is 10.3. The quantitative estimate of drug-likeness (QED) is 0.548. The van der Waals surface area contributed by atoms with Crippen LogP contribution in [0.5, 0.6) is 0 Å². The summed E-state index contributed by atoms with van der Waals surface area (Å²) < 4.78 is 14.7. The molecule has 3 amide bonds. The van der Waals surface area contributed by atoms with Crippen LogP contribution in [0.15, 0.2) is 36.5 Å². The van der Waals surface area contributed by atoms with E-state index in [4.69, 9.17) is 0 Å². The number of H-pyrrole nitrogens is 1. The number of nitrogens with one attached hydrogen (secondary N) is 2. The largest absolute Gasteiger partial charge is 0.361 e. The normalized spacial score (nSPS) is 21.3. The molecule has 186 valence electrons. The molecule has 1 atom stereocenters. The van der Waals surface area contributed by atoms with Crippen LogP contribution in [0, 0.1) is 12.7 Å². The van der Waals surface area contributed by atoms with Crippen molar-refractivity contribution < 1.29 is 18.8 Å².